The Balaban J connectivity index is 0.000000181. The summed E-state index contributed by atoms with van der Waals surface area (Å²) in [5, 5.41) is 8.55. The molecule has 0 atom stereocenters. The number of fused-ring (bicyclic) bond motifs is 4. The van der Waals surface area contributed by atoms with Gasteiger partial charge < -0.3 is 19.9 Å². The van der Waals surface area contributed by atoms with Crippen LogP contribution in [-0.4, -0.2) is 19.9 Å². The zero-order valence-electron chi connectivity index (χ0n) is 52.9. The number of rotatable bonds is 11. The fourth-order valence-electron chi connectivity index (χ4n) is 11.0. The van der Waals surface area contributed by atoms with E-state index in [2.05, 4.69) is 199 Å². The van der Waals surface area contributed by atoms with Crippen LogP contribution in [0.2, 0.25) is 0 Å². The van der Waals surface area contributed by atoms with Crippen LogP contribution in [0.25, 0.3) is 110 Å². The maximum Gasteiger partial charge on any atom is 0.381 e. The number of alkyl halides is 3. The van der Waals surface area contributed by atoms with Gasteiger partial charge in [-0.2, -0.15) is 13.2 Å². The van der Waals surface area contributed by atoms with Gasteiger partial charge in [-0.25, -0.2) is 0 Å². The molecule has 492 valence electrons. The number of nitrogens with zero attached hydrogens (tertiary/aromatic N) is 4. The molecule has 4 heterocycles. The second-order valence-corrected chi connectivity index (χ2v) is 23.4. The summed E-state index contributed by atoms with van der Waals surface area (Å²) >= 11 is 0. The second kappa shape index (κ2) is 35.4. The first-order valence-electron chi connectivity index (χ1n) is 30.7. The van der Waals surface area contributed by atoms with Crippen LogP contribution < -0.4 is 0 Å². The SMILES string of the molecule is CC(C)(C)c1ccc(-c2cc[c-]c(-c3nccc4ccccc34)c2)cc1.CCCCCCc1ccc(-c2cc[c-]c(-c3nccc4ccccc34)c2)cc1.FC(F)(F)c1c[c-]c(-c2nccc3ccccc23)cc1.Fc1c[c-]c(-c2cc3ccccc3cn2)c(F)c1.[Ir].[Ir].[Ir].[Ir]. The van der Waals surface area contributed by atoms with E-state index in [0.717, 1.165) is 73.7 Å². The molecule has 0 unspecified atom stereocenters. The van der Waals surface area contributed by atoms with Crippen molar-refractivity contribution in [2.45, 2.75) is 71.4 Å². The smallest absolute Gasteiger partial charge is 0.304 e. The minimum atomic E-state index is -4.35. The molecular weight excluding hydrogens is 1920 g/mol. The largest absolute Gasteiger partial charge is 0.381 e. The normalized spacial score (nSPS) is 10.8. The van der Waals surface area contributed by atoms with E-state index in [1.807, 2.05) is 85.2 Å². The average Bonchev–Trinajstić information content (AvgIpc) is 0.832. The van der Waals surface area contributed by atoms with Gasteiger partial charge in [-0.05, 0) is 130 Å². The first-order valence-corrected chi connectivity index (χ1v) is 30.7. The van der Waals surface area contributed by atoms with E-state index in [9.17, 15) is 22.0 Å². The summed E-state index contributed by atoms with van der Waals surface area (Å²) in [4.78, 5) is 17.7. The molecule has 14 aromatic rings. The molecule has 10 aromatic carbocycles. The monoisotopic (exact) mass is 1980 g/mol. The van der Waals surface area contributed by atoms with Crippen LogP contribution in [-0.2, 0) is 98.4 Å². The predicted molar refractivity (Wildman–Crippen MR) is 366 cm³/mol. The quantitative estimate of drug-likeness (QED) is 0.0736. The van der Waals surface area contributed by atoms with Crippen molar-refractivity contribution in [2.75, 3.05) is 0 Å². The van der Waals surface area contributed by atoms with E-state index in [4.69, 9.17) is 0 Å². The molecule has 0 spiro atoms. The molecule has 0 aliphatic heterocycles. The molecule has 96 heavy (non-hydrogen) atoms. The van der Waals surface area contributed by atoms with Crippen LogP contribution >= 0.6 is 0 Å². The van der Waals surface area contributed by atoms with Crippen molar-refractivity contribution in [2.24, 2.45) is 0 Å². The Hall–Kier alpha value is -7.91. The molecule has 0 amide bonds. The Kier molecular flexibility index (Phi) is 27.8. The minimum absolute atomic E-state index is 0. The van der Waals surface area contributed by atoms with Gasteiger partial charge in [0, 0.05) is 117 Å². The molecule has 13 heteroatoms. The fraction of sp³-hybridized carbons (Fsp3) is 0.133. The Labute approximate surface area is 612 Å². The molecule has 14 rings (SSSR count). The van der Waals surface area contributed by atoms with Gasteiger partial charge in [0.1, 0.15) is 0 Å². The van der Waals surface area contributed by atoms with Gasteiger partial charge in [0.05, 0.1) is 0 Å². The topological polar surface area (TPSA) is 51.6 Å². The number of aryl methyl sites for hydroxylation is 1. The number of unbranched alkanes of at least 4 members (excludes halogenated alkanes) is 3. The molecule has 4 radical (unpaired) electrons. The van der Waals surface area contributed by atoms with Gasteiger partial charge >= 0.3 is 6.18 Å². The summed E-state index contributed by atoms with van der Waals surface area (Å²) in [5.74, 6) is -1.30. The van der Waals surface area contributed by atoms with Crippen LogP contribution in [0.15, 0.2) is 261 Å². The molecule has 4 nitrogen and oxygen atoms in total. The third kappa shape index (κ3) is 19.2. The summed E-state index contributed by atoms with van der Waals surface area (Å²) < 4.78 is 64.1. The fourth-order valence-corrected chi connectivity index (χ4v) is 11.0. The summed E-state index contributed by atoms with van der Waals surface area (Å²) in [5.41, 5.74) is 13.0. The summed E-state index contributed by atoms with van der Waals surface area (Å²) in [6.07, 6.45) is 9.13. The third-order valence-corrected chi connectivity index (χ3v) is 16.0. The average molecular weight is 1980 g/mol. The summed E-state index contributed by atoms with van der Waals surface area (Å²) in [6, 6.07) is 87.6. The van der Waals surface area contributed by atoms with Gasteiger partial charge in [0.15, 0.2) is 0 Å². The first kappa shape index (κ1) is 75.5. The van der Waals surface area contributed by atoms with Crippen LogP contribution in [0.3, 0.4) is 0 Å². The van der Waals surface area contributed by atoms with Crippen LogP contribution in [0, 0.1) is 35.9 Å². The van der Waals surface area contributed by atoms with Crippen molar-refractivity contribution in [3.63, 3.8) is 0 Å². The van der Waals surface area contributed by atoms with E-state index in [0.29, 0.717) is 17.0 Å². The van der Waals surface area contributed by atoms with E-state index in [1.165, 1.54) is 87.7 Å². The molecular formula is C83H65F5Ir4N4-4. The molecule has 0 saturated carbocycles. The van der Waals surface area contributed by atoms with Crippen molar-refractivity contribution >= 4 is 43.1 Å². The van der Waals surface area contributed by atoms with Crippen molar-refractivity contribution in [1.82, 2.24) is 19.9 Å². The first-order chi connectivity index (χ1) is 44.7. The van der Waals surface area contributed by atoms with Gasteiger partial charge in [-0.15, -0.1) is 113 Å². The van der Waals surface area contributed by atoms with Gasteiger partial charge in [-0.3, -0.25) is 8.78 Å². The third-order valence-electron chi connectivity index (χ3n) is 16.0. The van der Waals surface area contributed by atoms with Crippen molar-refractivity contribution in [1.29, 1.82) is 0 Å². The summed E-state index contributed by atoms with van der Waals surface area (Å²) in [6.45, 7) is 8.98. The zero-order valence-corrected chi connectivity index (χ0v) is 62.5. The van der Waals surface area contributed by atoms with Crippen LogP contribution in [0.4, 0.5) is 22.0 Å². The number of hydrogen-bond donors (Lipinski definition) is 0. The van der Waals surface area contributed by atoms with Crippen LogP contribution in [0.5, 0.6) is 0 Å². The molecule has 4 aromatic heterocycles. The maximum absolute atomic E-state index is 13.6. The van der Waals surface area contributed by atoms with E-state index in [1.54, 1.807) is 18.5 Å². The number of benzene rings is 10. The van der Waals surface area contributed by atoms with E-state index < -0.39 is 23.4 Å². The second-order valence-electron chi connectivity index (χ2n) is 23.4. The Morgan fingerprint density at radius 1 is 0.396 bits per heavy atom. The van der Waals surface area contributed by atoms with Crippen molar-refractivity contribution < 1.29 is 102 Å². The molecule has 0 N–H and O–H groups in total. The van der Waals surface area contributed by atoms with Gasteiger partial charge in [0.25, 0.3) is 0 Å². The molecule has 0 bridgehead atoms. The number of pyridine rings is 4. The molecule has 0 aliphatic carbocycles. The summed E-state index contributed by atoms with van der Waals surface area (Å²) in [7, 11) is 0. The predicted octanol–water partition coefficient (Wildman–Crippen LogP) is 22.8. The zero-order chi connectivity index (χ0) is 64.0. The molecule has 0 saturated heterocycles. The molecule has 0 fully saturated rings. The maximum atomic E-state index is 13.6. The standard InChI is InChI=1S/C27H26N.C25H22N.C16H9F3N.C15H8F2N.4Ir/c1-2-3-4-5-9-21-14-16-22(17-15-21)24-11-8-12-25(20-24)27-26-13-7-6-10-23(26)18-19-28-27;1-25(2,3)22-13-11-18(12-14-22)20-8-6-9-21(17-20)24-23-10-5-4-7-19(23)15-16-26-24;17-16(18,19)13-7-5-12(6-8-13)15-14-4-2-1-3-11(14)9-10-20-15;16-12-5-6-13(14(17)8-12)15-7-10-3-1-2-4-11(10)9-18-15;;;;/h6-8,10-11,13-20H,2-5,9H2,1H3;4-8,10-17H,1-3H3;1-5,7-10H;1-5,7-9H;;;;/q4*-1;;;;. The number of aromatic nitrogens is 4. The number of hydrogen-bond acceptors (Lipinski definition) is 4. The van der Waals surface area contributed by atoms with Crippen LogP contribution in [0.1, 0.15) is 70.1 Å². The Morgan fingerprint density at radius 2 is 0.865 bits per heavy atom. The van der Waals surface area contributed by atoms with Crippen molar-refractivity contribution in [3.8, 4) is 67.3 Å². The van der Waals surface area contributed by atoms with Gasteiger partial charge in [-0.1, -0.05) is 210 Å². The number of halogens is 5. The van der Waals surface area contributed by atoms with E-state index >= 15 is 0 Å². The Bertz CT molecular complexity index is 4790. The molecule has 0 aliphatic rings. The van der Waals surface area contributed by atoms with Crippen molar-refractivity contribution in [3.05, 3.63) is 314 Å². The Morgan fingerprint density at radius 3 is 1.33 bits per heavy atom. The minimum Gasteiger partial charge on any atom is -0.304 e. The van der Waals surface area contributed by atoms with Gasteiger partial charge in [0.2, 0.25) is 0 Å². The van der Waals surface area contributed by atoms with E-state index in [-0.39, 0.29) is 91.4 Å².